The van der Waals surface area contributed by atoms with Crippen molar-refractivity contribution in [3.8, 4) is 0 Å². The van der Waals surface area contributed by atoms with E-state index < -0.39 is 0 Å². The number of rotatable bonds is 5. The summed E-state index contributed by atoms with van der Waals surface area (Å²) in [6.07, 6.45) is 6.41. The first-order chi connectivity index (χ1) is 9.69. The fourth-order valence-electron chi connectivity index (χ4n) is 2.56. The Hall–Kier alpha value is -1.88. The molecular weight excluding hydrogens is 254 g/mol. The van der Waals surface area contributed by atoms with Crippen molar-refractivity contribution in [2.75, 3.05) is 6.61 Å². The molecule has 0 aromatic carbocycles. The van der Waals surface area contributed by atoms with Crippen molar-refractivity contribution in [1.82, 2.24) is 14.7 Å². The molecule has 0 bridgehead atoms. The number of amides is 1. The monoisotopic (exact) mass is 273 g/mol. The third-order valence-electron chi connectivity index (χ3n) is 3.83. The maximum absolute atomic E-state index is 12.4. The van der Waals surface area contributed by atoms with Gasteiger partial charge in [-0.05, 0) is 43.7 Å². The average Bonchev–Trinajstić information content (AvgIpc) is 3.18. The number of aromatic nitrogens is 2. The standard InChI is InChI=1S/C15H19N3O2/c1-10-2-5-14-16-8-13(18(14)9-10)15(20)17-12(6-7-19)11-3-4-11/h2,5,8-9,11-12,19H,3-4,6-7H2,1H3,(H,17,20). The largest absolute Gasteiger partial charge is 0.396 e. The van der Waals surface area contributed by atoms with E-state index in [2.05, 4.69) is 10.3 Å². The Kier molecular flexibility index (Phi) is 3.44. The van der Waals surface area contributed by atoms with Gasteiger partial charge in [-0.2, -0.15) is 0 Å². The van der Waals surface area contributed by atoms with Crippen molar-refractivity contribution in [2.45, 2.75) is 32.2 Å². The van der Waals surface area contributed by atoms with Crippen molar-refractivity contribution in [2.24, 2.45) is 5.92 Å². The van der Waals surface area contributed by atoms with E-state index >= 15 is 0 Å². The van der Waals surface area contributed by atoms with Crippen LogP contribution in [0.25, 0.3) is 5.65 Å². The molecule has 1 atom stereocenters. The highest BCUT2D eigenvalue weighted by molar-refractivity contribution is 5.93. The SMILES string of the molecule is Cc1ccc2ncc(C(=O)NC(CCO)C3CC3)n2c1. The lowest BCUT2D eigenvalue weighted by Crippen LogP contribution is -2.37. The number of fused-ring (bicyclic) bond motifs is 1. The molecule has 1 aliphatic carbocycles. The molecule has 1 saturated carbocycles. The highest BCUT2D eigenvalue weighted by Crippen LogP contribution is 2.34. The Morgan fingerprint density at radius 2 is 2.35 bits per heavy atom. The van der Waals surface area contributed by atoms with E-state index in [0.717, 1.165) is 24.1 Å². The second kappa shape index (κ2) is 5.25. The number of nitrogens with one attached hydrogen (secondary N) is 1. The Bertz CT molecular complexity index is 631. The predicted octanol–water partition coefficient (Wildman–Crippen LogP) is 1.53. The molecular formula is C15H19N3O2. The lowest BCUT2D eigenvalue weighted by Gasteiger charge is -2.16. The minimum atomic E-state index is -0.117. The first-order valence-electron chi connectivity index (χ1n) is 7.04. The van der Waals surface area contributed by atoms with Crippen LogP contribution in [0.1, 0.15) is 35.3 Å². The summed E-state index contributed by atoms with van der Waals surface area (Å²) in [7, 11) is 0. The highest BCUT2D eigenvalue weighted by atomic mass is 16.3. The zero-order valence-electron chi connectivity index (χ0n) is 11.5. The average molecular weight is 273 g/mol. The van der Waals surface area contributed by atoms with Crippen molar-refractivity contribution in [3.05, 3.63) is 35.8 Å². The molecule has 2 aromatic heterocycles. The van der Waals surface area contributed by atoms with Gasteiger partial charge in [-0.25, -0.2) is 4.98 Å². The van der Waals surface area contributed by atoms with Gasteiger partial charge in [-0.15, -0.1) is 0 Å². The molecule has 5 nitrogen and oxygen atoms in total. The Morgan fingerprint density at radius 1 is 1.55 bits per heavy atom. The van der Waals surface area contributed by atoms with E-state index in [4.69, 9.17) is 5.11 Å². The first kappa shape index (κ1) is 13.1. The number of imidazole rings is 1. The smallest absolute Gasteiger partial charge is 0.270 e. The van der Waals surface area contributed by atoms with Gasteiger partial charge in [0.15, 0.2) is 0 Å². The molecule has 0 aliphatic heterocycles. The minimum absolute atomic E-state index is 0.0721. The molecule has 2 aromatic rings. The van der Waals surface area contributed by atoms with Gasteiger partial charge >= 0.3 is 0 Å². The number of nitrogens with zero attached hydrogens (tertiary/aromatic N) is 2. The number of carbonyl (C=O) groups is 1. The first-order valence-corrected chi connectivity index (χ1v) is 7.04. The van der Waals surface area contributed by atoms with Gasteiger partial charge in [-0.3, -0.25) is 9.20 Å². The maximum Gasteiger partial charge on any atom is 0.270 e. The van der Waals surface area contributed by atoms with E-state index in [1.807, 2.05) is 29.7 Å². The quantitative estimate of drug-likeness (QED) is 0.868. The summed E-state index contributed by atoms with van der Waals surface area (Å²) in [4.78, 5) is 16.6. The van der Waals surface area contributed by atoms with E-state index in [-0.39, 0.29) is 18.6 Å². The molecule has 20 heavy (non-hydrogen) atoms. The maximum atomic E-state index is 12.4. The van der Waals surface area contributed by atoms with E-state index in [1.54, 1.807) is 6.20 Å². The molecule has 5 heteroatoms. The summed E-state index contributed by atoms with van der Waals surface area (Å²) in [5.41, 5.74) is 2.40. The third kappa shape index (κ3) is 2.54. The number of aliphatic hydroxyl groups excluding tert-OH is 1. The fourth-order valence-corrected chi connectivity index (χ4v) is 2.56. The van der Waals surface area contributed by atoms with E-state index in [1.165, 1.54) is 0 Å². The van der Waals surface area contributed by atoms with Gasteiger partial charge in [-0.1, -0.05) is 6.07 Å². The van der Waals surface area contributed by atoms with Gasteiger partial charge in [0.05, 0.1) is 6.20 Å². The molecule has 2 heterocycles. The molecule has 0 saturated heterocycles. The Morgan fingerprint density at radius 3 is 3.05 bits per heavy atom. The van der Waals surface area contributed by atoms with Crippen molar-refractivity contribution >= 4 is 11.6 Å². The zero-order chi connectivity index (χ0) is 14.1. The Balaban J connectivity index is 1.82. The summed E-state index contributed by atoms with van der Waals surface area (Å²) in [6, 6.07) is 3.95. The van der Waals surface area contributed by atoms with Gasteiger partial charge in [0.1, 0.15) is 11.3 Å². The van der Waals surface area contributed by atoms with Gasteiger partial charge in [0.2, 0.25) is 0 Å². The molecule has 1 aliphatic rings. The van der Waals surface area contributed by atoms with Crippen LogP contribution in [0.3, 0.4) is 0 Å². The number of carbonyl (C=O) groups excluding carboxylic acids is 1. The van der Waals surface area contributed by atoms with Gasteiger partial charge in [0.25, 0.3) is 5.91 Å². The van der Waals surface area contributed by atoms with E-state index in [9.17, 15) is 4.79 Å². The van der Waals surface area contributed by atoms with Gasteiger partial charge < -0.3 is 10.4 Å². The highest BCUT2D eigenvalue weighted by Gasteiger charge is 2.32. The fraction of sp³-hybridized carbons (Fsp3) is 0.467. The van der Waals surface area contributed by atoms with Crippen LogP contribution in [0.15, 0.2) is 24.5 Å². The molecule has 1 fully saturated rings. The van der Waals surface area contributed by atoms with Crippen LogP contribution >= 0.6 is 0 Å². The molecule has 3 rings (SSSR count). The van der Waals surface area contributed by atoms with Crippen LogP contribution < -0.4 is 5.32 Å². The van der Waals surface area contributed by atoms with Crippen molar-refractivity contribution in [1.29, 1.82) is 0 Å². The normalized spacial score (nSPS) is 16.3. The minimum Gasteiger partial charge on any atom is -0.396 e. The summed E-state index contributed by atoms with van der Waals surface area (Å²) in [5, 5.41) is 12.1. The molecule has 1 amide bonds. The summed E-state index contributed by atoms with van der Waals surface area (Å²) in [5.74, 6) is 0.403. The molecule has 106 valence electrons. The molecule has 0 spiro atoms. The second-order valence-electron chi connectivity index (χ2n) is 5.51. The Labute approximate surface area is 117 Å². The number of hydrogen-bond acceptors (Lipinski definition) is 3. The second-order valence-corrected chi connectivity index (χ2v) is 5.51. The van der Waals surface area contributed by atoms with Gasteiger partial charge in [0, 0.05) is 18.8 Å². The topological polar surface area (TPSA) is 66.6 Å². The zero-order valence-corrected chi connectivity index (χ0v) is 11.5. The molecule has 0 radical (unpaired) electrons. The number of pyridine rings is 1. The summed E-state index contributed by atoms with van der Waals surface area (Å²) >= 11 is 0. The summed E-state index contributed by atoms with van der Waals surface area (Å²) in [6.45, 7) is 2.09. The lowest BCUT2D eigenvalue weighted by molar-refractivity contribution is 0.0918. The third-order valence-corrected chi connectivity index (χ3v) is 3.83. The van der Waals surface area contributed by atoms with Crippen LogP contribution in [0, 0.1) is 12.8 Å². The van der Waals surface area contributed by atoms with Crippen LogP contribution in [-0.2, 0) is 0 Å². The van der Waals surface area contributed by atoms with E-state index in [0.29, 0.717) is 18.0 Å². The molecule has 1 unspecified atom stereocenters. The lowest BCUT2D eigenvalue weighted by atomic mass is 10.1. The van der Waals surface area contributed by atoms with Crippen LogP contribution in [0.5, 0.6) is 0 Å². The summed E-state index contributed by atoms with van der Waals surface area (Å²) < 4.78 is 1.81. The predicted molar refractivity (Wildman–Crippen MR) is 75.6 cm³/mol. The van der Waals surface area contributed by atoms with Crippen molar-refractivity contribution in [3.63, 3.8) is 0 Å². The molecule has 2 N–H and O–H groups in total. The number of hydrogen-bond donors (Lipinski definition) is 2. The number of aliphatic hydroxyl groups is 1. The van der Waals surface area contributed by atoms with Crippen molar-refractivity contribution < 1.29 is 9.90 Å². The van der Waals surface area contributed by atoms with Crippen LogP contribution in [0.2, 0.25) is 0 Å². The van der Waals surface area contributed by atoms with Crippen LogP contribution in [0.4, 0.5) is 0 Å². The van der Waals surface area contributed by atoms with Crippen LogP contribution in [-0.4, -0.2) is 33.0 Å². The number of aryl methyl sites for hydroxylation is 1.